The maximum absolute atomic E-state index is 13.1. The van der Waals surface area contributed by atoms with Crippen LogP contribution in [0.1, 0.15) is 28.4 Å². The fourth-order valence-corrected chi connectivity index (χ4v) is 2.47. The number of hydrogen-bond acceptors (Lipinski definition) is 5. The molecule has 2 atom stereocenters. The molecule has 0 saturated carbocycles. The Labute approximate surface area is 183 Å². The number of hydrogen-bond donors (Lipinski definition) is 4. The smallest absolute Gasteiger partial charge is 0.269 e. The summed E-state index contributed by atoms with van der Waals surface area (Å²) < 4.78 is 31.2. The van der Waals surface area contributed by atoms with Crippen molar-refractivity contribution in [1.29, 1.82) is 0 Å². The molecule has 32 heavy (non-hydrogen) atoms. The number of amides is 2. The van der Waals surface area contributed by atoms with Gasteiger partial charge in [-0.2, -0.15) is 0 Å². The Morgan fingerprint density at radius 3 is 1.94 bits per heavy atom. The summed E-state index contributed by atoms with van der Waals surface area (Å²) in [4.78, 5) is 24.0. The predicted molar refractivity (Wildman–Crippen MR) is 111 cm³/mol. The van der Waals surface area contributed by atoms with E-state index in [9.17, 15) is 23.5 Å². The summed E-state index contributed by atoms with van der Waals surface area (Å²) in [6.45, 7) is 0.670. The highest BCUT2D eigenvalue weighted by Gasteiger charge is 2.46. The van der Waals surface area contributed by atoms with Gasteiger partial charge in [0.15, 0.2) is 5.60 Å². The number of alkyl halides is 2. The van der Waals surface area contributed by atoms with Crippen molar-refractivity contribution in [1.82, 2.24) is 10.8 Å². The van der Waals surface area contributed by atoms with Crippen LogP contribution in [0.15, 0.2) is 48.5 Å². The summed E-state index contributed by atoms with van der Waals surface area (Å²) >= 11 is 0. The average Bonchev–Trinajstić information content (AvgIpc) is 2.80. The highest BCUT2D eigenvalue weighted by atomic mass is 19.3. The molecule has 166 valence electrons. The maximum Gasteiger partial charge on any atom is 0.269 e. The molecule has 0 saturated heterocycles. The third-order valence-corrected chi connectivity index (χ3v) is 4.39. The number of ether oxygens (including phenoxy) is 1. The Balaban J connectivity index is 2.08. The van der Waals surface area contributed by atoms with Crippen LogP contribution in [0.2, 0.25) is 0 Å². The summed E-state index contributed by atoms with van der Waals surface area (Å²) in [5, 5.41) is 20.6. The van der Waals surface area contributed by atoms with Crippen molar-refractivity contribution in [2.45, 2.75) is 25.0 Å². The number of halogens is 2. The van der Waals surface area contributed by atoms with E-state index >= 15 is 0 Å². The minimum atomic E-state index is -3.36. The van der Waals surface area contributed by atoms with Gasteiger partial charge in [-0.25, -0.2) is 14.3 Å². The minimum absolute atomic E-state index is 0.0284. The van der Waals surface area contributed by atoms with Crippen LogP contribution in [0.4, 0.5) is 8.78 Å². The Morgan fingerprint density at radius 1 is 1.00 bits per heavy atom. The van der Waals surface area contributed by atoms with Gasteiger partial charge in [0.2, 0.25) is 0 Å². The van der Waals surface area contributed by atoms with Gasteiger partial charge in [0.1, 0.15) is 11.8 Å². The standard InChI is InChI=1S/C23H20F2N2O5/c1-23(30,22(24)25)19(21(29)27-31)26-20(28)17-11-7-15(8-12-17)5-3-4-6-16-9-13-18(32-2)14-10-16/h7-14,19,22,30-31H,1-2H3,(H,26,28)(H,27,29). The molecular weight excluding hydrogens is 422 g/mol. The minimum Gasteiger partial charge on any atom is -0.497 e. The monoisotopic (exact) mass is 442 g/mol. The SMILES string of the molecule is COc1ccc(C#CC#Cc2ccc(C(=O)NC(C(=O)NO)C(C)(O)C(F)F)cc2)cc1. The van der Waals surface area contributed by atoms with E-state index in [0.717, 1.165) is 11.0 Å². The first kappa shape index (κ1) is 24.4. The molecule has 0 aliphatic carbocycles. The van der Waals surface area contributed by atoms with Gasteiger partial charge in [-0.05, 0) is 67.3 Å². The van der Waals surface area contributed by atoms with Crippen molar-refractivity contribution in [2.24, 2.45) is 0 Å². The fraction of sp³-hybridized carbons (Fsp3) is 0.217. The van der Waals surface area contributed by atoms with Gasteiger partial charge >= 0.3 is 0 Å². The summed E-state index contributed by atoms with van der Waals surface area (Å²) in [5.41, 5.74) is -0.430. The molecule has 0 heterocycles. The van der Waals surface area contributed by atoms with Gasteiger partial charge in [-0.15, -0.1) is 0 Å². The third-order valence-electron chi connectivity index (χ3n) is 4.39. The zero-order valence-electron chi connectivity index (χ0n) is 17.1. The third kappa shape index (κ3) is 6.29. The molecule has 0 radical (unpaired) electrons. The van der Waals surface area contributed by atoms with Crippen molar-refractivity contribution >= 4 is 11.8 Å². The molecule has 2 rings (SSSR count). The lowest BCUT2D eigenvalue weighted by Gasteiger charge is -2.30. The molecule has 9 heteroatoms. The quantitative estimate of drug-likeness (QED) is 0.310. The first-order valence-electron chi connectivity index (χ1n) is 9.20. The predicted octanol–water partition coefficient (Wildman–Crippen LogP) is 1.72. The molecule has 0 bridgehead atoms. The van der Waals surface area contributed by atoms with E-state index in [0.29, 0.717) is 18.2 Å². The van der Waals surface area contributed by atoms with Crippen LogP contribution >= 0.6 is 0 Å². The maximum atomic E-state index is 13.1. The van der Waals surface area contributed by atoms with Crippen LogP contribution in [-0.2, 0) is 4.79 Å². The lowest BCUT2D eigenvalue weighted by atomic mass is 9.95. The highest BCUT2D eigenvalue weighted by Crippen LogP contribution is 2.20. The molecule has 7 nitrogen and oxygen atoms in total. The van der Waals surface area contributed by atoms with Gasteiger partial charge in [0, 0.05) is 16.7 Å². The van der Waals surface area contributed by atoms with Crippen molar-refractivity contribution in [2.75, 3.05) is 7.11 Å². The zero-order chi connectivity index (χ0) is 23.7. The van der Waals surface area contributed by atoms with Crippen molar-refractivity contribution in [3.63, 3.8) is 0 Å². The van der Waals surface area contributed by atoms with Crippen molar-refractivity contribution in [3.8, 4) is 29.4 Å². The number of nitrogens with one attached hydrogen (secondary N) is 2. The van der Waals surface area contributed by atoms with Gasteiger partial charge in [0.05, 0.1) is 7.11 Å². The summed E-state index contributed by atoms with van der Waals surface area (Å²) in [6, 6.07) is 10.8. The van der Waals surface area contributed by atoms with Crippen LogP contribution < -0.4 is 15.5 Å². The molecule has 2 aromatic carbocycles. The Bertz CT molecular complexity index is 1080. The molecule has 0 fully saturated rings. The number of carbonyl (C=O) groups is 2. The van der Waals surface area contributed by atoms with Crippen LogP contribution in [0.25, 0.3) is 0 Å². The van der Waals surface area contributed by atoms with Crippen LogP contribution in [0.5, 0.6) is 5.75 Å². The lowest BCUT2D eigenvalue weighted by Crippen LogP contribution is -2.61. The molecule has 0 aliphatic heterocycles. The largest absolute Gasteiger partial charge is 0.497 e. The molecule has 0 aliphatic rings. The second-order valence-corrected chi connectivity index (χ2v) is 6.71. The van der Waals surface area contributed by atoms with E-state index in [1.165, 1.54) is 24.3 Å². The van der Waals surface area contributed by atoms with Crippen LogP contribution in [0, 0.1) is 23.7 Å². The normalized spacial score (nSPS) is 12.8. The van der Waals surface area contributed by atoms with Gasteiger partial charge in [-0.1, -0.05) is 11.8 Å². The molecular formula is C23H20F2N2O5. The van der Waals surface area contributed by atoms with E-state index in [-0.39, 0.29) is 5.56 Å². The number of aliphatic hydroxyl groups is 1. The van der Waals surface area contributed by atoms with E-state index in [2.05, 4.69) is 23.7 Å². The summed E-state index contributed by atoms with van der Waals surface area (Å²) in [6.07, 6.45) is -3.36. The second kappa shape index (κ2) is 10.9. The van der Waals surface area contributed by atoms with E-state index < -0.39 is 29.9 Å². The first-order chi connectivity index (χ1) is 15.2. The zero-order valence-corrected chi connectivity index (χ0v) is 17.1. The number of rotatable bonds is 6. The average molecular weight is 442 g/mol. The molecule has 0 spiro atoms. The Morgan fingerprint density at radius 2 is 1.50 bits per heavy atom. The van der Waals surface area contributed by atoms with E-state index in [4.69, 9.17) is 9.94 Å². The number of hydroxylamine groups is 1. The number of benzene rings is 2. The van der Waals surface area contributed by atoms with Crippen LogP contribution in [0.3, 0.4) is 0 Å². The Kier molecular flexibility index (Phi) is 8.31. The van der Waals surface area contributed by atoms with Gasteiger partial charge < -0.3 is 15.2 Å². The van der Waals surface area contributed by atoms with Crippen molar-refractivity contribution < 1.29 is 33.4 Å². The Hall–Kier alpha value is -3.92. The van der Waals surface area contributed by atoms with Gasteiger partial charge in [-0.3, -0.25) is 14.8 Å². The molecule has 2 unspecified atom stereocenters. The number of methoxy groups -OCH3 is 1. The summed E-state index contributed by atoms with van der Waals surface area (Å²) in [7, 11) is 1.57. The van der Waals surface area contributed by atoms with Crippen LogP contribution in [-0.4, -0.2) is 47.3 Å². The molecule has 2 amide bonds. The fourth-order valence-electron chi connectivity index (χ4n) is 2.47. The van der Waals surface area contributed by atoms with E-state index in [1.54, 1.807) is 31.4 Å². The topological polar surface area (TPSA) is 108 Å². The van der Waals surface area contributed by atoms with E-state index in [1.807, 2.05) is 5.32 Å². The lowest BCUT2D eigenvalue weighted by molar-refractivity contribution is -0.149. The first-order valence-corrected chi connectivity index (χ1v) is 9.20. The summed E-state index contributed by atoms with van der Waals surface area (Å²) in [5.74, 6) is 9.46. The van der Waals surface area contributed by atoms with Gasteiger partial charge in [0.25, 0.3) is 18.2 Å². The molecule has 0 aromatic heterocycles. The second-order valence-electron chi connectivity index (χ2n) is 6.71. The number of carbonyl (C=O) groups excluding carboxylic acids is 2. The van der Waals surface area contributed by atoms with Crippen molar-refractivity contribution in [3.05, 3.63) is 65.2 Å². The highest BCUT2D eigenvalue weighted by molar-refractivity contribution is 5.97. The molecule has 2 aromatic rings. The molecule has 4 N–H and O–H groups in total.